The Kier molecular flexibility index (Phi) is 11.1. The van der Waals surface area contributed by atoms with Crippen molar-refractivity contribution in [2.75, 3.05) is 27.3 Å². The molecule has 6 heterocycles. The van der Waals surface area contributed by atoms with Crippen LogP contribution in [0.5, 0.6) is 0 Å². The normalized spacial score (nSPS) is 19.3. The quantitative estimate of drug-likeness (QED) is 0.122. The van der Waals surface area contributed by atoms with Crippen LogP contribution in [0.25, 0.3) is 52.4 Å². The van der Waals surface area contributed by atoms with Crippen LogP contribution in [0.3, 0.4) is 0 Å². The Morgan fingerprint density at radius 1 is 0.797 bits per heavy atom. The SMILES string of the molecule is COC(=O)N[C@H](C(=O)N1C[C@@H](C)C[C@H]1c1nc2ccc(-c3cc4sc(-c5ccc6nc([C@@H]7CCCN7C(=O)[C@@H](NC(=O)OC)C(C)C)oc6c5)cc4s3)cc2[nH]1)C(C)C. The summed E-state index contributed by atoms with van der Waals surface area (Å²) in [7, 11) is 2.58. The zero-order valence-electron chi connectivity index (χ0n) is 34.2. The van der Waals surface area contributed by atoms with Crippen molar-refractivity contribution in [3.8, 4) is 20.9 Å². The Hall–Kier alpha value is -5.48. The van der Waals surface area contributed by atoms with Crippen LogP contribution in [-0.2, 0) is 19.1 Å². The van der Waals surface area contributed by atoms with Gasteiger partial charge < -0.3 is 39.3 Å². The number of H-pyrrole nitrogens is 1. The molecule has 3 N–H and O–H groups in total. The number of nitrogens with zero attached hydrogens (tertiary/aromatic N) is 4. The fourth-order valence-electron chi connectivity index (χ4n) is 8.29. The summed E-state index contributed by atoms with van der Waals surface area (Å²) >= 11 is 3.45. The van der Waals surface area contributed by atoms with Gasteiger partial charge in [-0.2, -0.15) is 0 Å². The Morgan fingerprint density at radius 3 is 2.00 bits per heavy atom. The molecule has 2 aliphatic rings. The van der Waals surface area contributed by atoms with Crippen molar-refractivity contribution in [3.05, 3.63) is 60.2 Å². The number of nitrogens with one attached hydrogen (secondary N) is 3. The molecule has 0 aliphatic carbocycles. The highest BCUT2D eigenvalue weighted by Gasteiger charge is 2.41. The number of amides is 4. The summed E-state index contributed by atoms with van der Waals surface area (Å²) in [5, 5.41) is 5.42. The largest absolute Gasteiger partial charge is 0.453 e. The molecule has 310 valence electrons. The molecule has 0 spiro atoms. The Bertz CT molecular complexity index is 2520. The number of carbonyl (C=O) groups excluding carboxylic acids is 4. The molecule has 0 radical (unpaired) electrons. The molecule has 0 unspecified atom stereocenters. The predicted molar refractivity (Wildman–Crippen MR) is 228 cm³/mol. The van der Waals surface area contributed by atoms with Crippen LogP contribution in [0.1, 0.15) is 77.7 Å². The third-order valence-electron chi connectivity index (χ3n) is 11.4. The Morgan fingerprint density at radius 2 is 1.39 bits per heavy atom. The van der Waals surface area contributed by atoms with Crippen LogP contribution < -0.4 is 10.6 Å². The van der Waals surface area contributed by atoms with Gasteiger partial charge in [0.25, 0.3) is 0 Å². The summed E-state index contributed by atoms with van der Waals surface area (Å²) < 4.78 is 18.3. The number of thiophene rings is 2. The summed E-state index contributed by atoms with van der Waals surface area (Å²) in [5.41, 5.74) is 5.22. The van der Waals surface area contributed by atoms with Gasteiger partial charge in [-0.25, -0.2) is 19.6 Å². The highest BCUT2D eigenvalue weighted by molar-refractivity contribution is 7.31. The second-order valence-electron chi connectivity index (χ2n) is 16.3. The Labute approximate surface area is 349 Å². The number of benzene rings is 2. The average molecular weight is 840 g/mol. The lowest BCUT2D eigenvalue weighted by molar-refractivity contribution is -0.136. The van der Waals surface area contributed by atoms with Crippen LogP contribution in [0.4, 0.5) is 9.59 Å². The first kappa shape index (κ1) is 40.3. The summed E-state index contributed by atoms with van der Waals surface area (Å²) in [4.78, 5) is 70.6. The van der Waals surface area contributed by atoms with Crippen molar-refractivity contribution in [3.63, 3.8) is 0 Å². The first-order chi connectivity index (χ1) is 28.3. The monoisotopic (exact) mass is 839 g/mol. The van der Waals surface area contributed by atoms with E-state index in [0.717, 1.165) is 62.5 Å². The van der Waals surface area contributed by atoms with Crippen LogP contribution >= 0.6 is 22.7 Å². The molecule has 8 rings (SSSR count). The van der Waals surface area contributed by atoms with Crippen molar-refractivity contribution >= 4 is 78.2 Å². The maximum absolute atomic E-state index is 13.8. The number of alkyl carbamates (subject to hydrolysis) is 2. The number of imidazole rings is 1. The second-order valence-corrected chi connectivity index (χ2v) is 18.5. The van der Waals surface area contributed by atoms with Gasteiger partial charge in [-0.1, -0.05) is 46.8 Å². The third-order valence-corrected chi connectivity index (χ3v) is 13.8. The fourth-order valence-corrected chi connectivity index (χ4v) is 10.7. The molecule has 6 aromatic rings. The number of aromatic amines is 1. The molecule has 0 bridgehead atoms. The smallest absolute Gasteiger partial charge is 0.407 e. The number of fused-ring (bicyclic) bond motifs is 3. The van der Waals surface area contributed by atoms with E-state index in [1.54, 1.807) is 27.6 Å². The van der Waals surface area contributed by atoms with Crippen molar-refractivity contribution < 1.29 is 33.1 Å². The van der Waals surface area contributed by atoms with Crippen molar-refractivity contribution in [1.29, 1.82) is 0 Å². The zero-order valence-corrected chi connectivity index (χ0v) is 35.8. The van der Waals surface area contributed by atoms with E-state index in [4.69, 9.17) is 23.9 Å². The van der Waals surface area contributed by atoms with Crippen LogP contribution in [0, 0.1) is 17.8 Å². The molecule has 4 aromatic heterocycles. The Balaban J connectivity index is 0.994. The van der Waals surface area contributed by atoms with Gasteiger partial charge in [0.15, 0.2) is 5.58 Å². The molecule has 16 heteroatoms. The van der Waals surface area contributed by atoms with Gasteiger partial charge in [0, 0.05) is 32.2 Å². The van der Waals surface area contributed by atoms with Gasteiger partial charge in [0.05, 0.1) is 31.3 Å². The molecular weight excluding hydrogens is 791 g/mol. The molecule has 5 atom stereocenters. The van der Waals surface area contributed by atoms with Gasteiger partial charge in [0.1, 0.15) is 29.5 Å². The third kappa shape index (κ3) is 7.87. The molecular formula is C43H49N7O7S2. The maximum Gasteiger partial charge on any atom is 0.407 e. The zero-order chi connectivity index (χ0) is 41.7. The van der Waals surface area contributed by atoms with E-state index in [0.29, 0.717) is 24.6 Å². The number of aromatic nitrogens is 3. The number of oxazole rings is 1. The number of likely N-dealkylation sites (tertiary alicyclic amines) is 2. The molecule has 2 saturated heterocycles. The second kappa shape index (κ2) is 16.3. The highest BCUT2D eigenvalue weighted by atomic mass is 32.1. The number of ether oxygens (including phenoxy) is 2. The number of rotatable bonds is 10. The van der Waals surface area contributed by atoms with Gasteiger partial charge in [-0.15, -0.1) is 22.7 Å². The lowest BCUT2D eigenvalue weighted by atomic mass is 10.0. The van der Waals surface area contributed by atoms with E-state index in [-0.39, 0.29) is 41.7 Å². The van der Waals surface area contributed by atoms with Crippen LogP contribution in [-0.4, -0.2) is 88.1 Å². The molecule has 2 fully saturated rings. The summed E-state index contributed by atoms with van der Waals surface area (Å²) in [6, 6.07) is 14.7. The van der Waals surface area contributed by atoms with Gasteiger partial charge in [0.2, 0.25) is 17.7 Å². The first-order valence-corrected chi connectivity index (χ1v) is 21.7. The summed E-state index contributed by atoms with van der Waals surface area (Å²) in [6.07, 6.45) is 1.05. The van der Waals surface area contributed by atoms with E-state index in [1.165, 1.54) is 23.6 Å². The summed E-state index contributed by atoms with van der Waals surface area (Å²) in [5.74, 6) is 0.965. The number of hydrogen-bond donors (Lipinski definition) is 3. The maximum atomic E-state index is 13.8. The average Bonchev–Trinajstić information content (AvgIpc) is 4.07. The van der Waals surface area contributed by atoms with E-state index < -0.39 is 24.3 Å². The molecule has 0 saturated carbocycles. The summed E-state index contributed by atoms with van der Waals surface area (Å²) in [6.45, 7) is 10.9. The topological polar surface area (TPSA) is 172 Å². The minimum atomic E-state index is -0.716. The molecule has 2 aliphatic heterocycles. The van der Waals surface area contributed by atoms with Crippen molar-refractivity contribution in [2.24, 2.45) is 17.8 Å². The van der Waals surface area contributed by atoms with Gasteiger partial charge in [-0.3, -0.25) is 9.59 Å². The number of methoxy groups -OCH3 is 2. The minimum Gasteiger partial charge on any atom is -0.453 e. The minimum absolute atomic E-state index is 0.116. The molecule has 2 aromatic carbocycles. The first-order valence-electron chi connectivity index (χ1n) is 20.1. The van der Waals surface area contributed by atoms with Gasteiger partial charge in [-0.05, 0) is 84.5 Å². The van der Waals surface area contributed by atoms with E-state index >= 15 is 0 Å². The van der Waals surface area contributed by atoms with Crippen LogP contribution in [0.15, 0.2) is 52.9 Å². The van der Waals surface area contributed by atoms with E-state index in [2.05, 4.69) is 52.9 Å². The molecule has 59 heavy (non-hydrogen) atoms. The molecule has 14 nitrogen and oxygen atoms in total. The van der Waals surface area contributed by atoms with Crippen molar-refractivity contribution in [1.82, 2.24) is 35.4 Å². The standard InChI is InChI=1S/C43H49N7O7S2/c1-21(2)36(47-42(53)55-6)40(51)49-14-8-9-29(49)39-46-27-13-11-25(17-31(27)57-39)33-19-35-34(59-33)18-32(58-35)24-10-12-26-28(16-24)45-38(44-26)30-15-23(5)20-50(30)41(52)37(22(3)4)48-43(54)56-7/h10-13,16-19,21-23,29-30,36-37H,8-9,14-15,20H2,1-7H3,(H,44,45)(H,47,53)(H,48,54)/t23-,29-,30-,36-,37-/m0/s1. The lowest BCUT2D eigenvalue weighted by Gasteiger charge is -2.30. The predicted octanol–water partition coefficient (Wildman–Crippen LogP) is 8.65. The molecule has 4 amide bonds. The highest BCUT2D eigenvalue weighted by Crippen LogP contribution is 2.44. The van der Waals surface area contributed by atoms with E-state index in [9.17, 15) is 19.2 Å². The lowest BCUT2D eigenvalue weighted by Crippen LogP contribution is -2.51. The number of hydrogen-bond acceptors (Lipinski definition) is 11. The van der Waals surface area contributed by atoms with Gasteiger partial charge >= 0.3 is 12.2 Å². The number of carbonyl (C=O) groups is 4. The van der Waals surface area contributed by atoms with Crippen molar-refractivity contribution in [2.45, 2.75) is 78.0 Å². The fraction of sp³-hybridized carbons (Fsp3) is 0.442. The van der Waals surface area contributed by atoms with E-state index in [1.807, 2.05) is 50.8 Å². The van der Waals surface area contributed by atoms with Crippen LogP contribution in [0.2, 0.25) is 0 Å².